The fourth-order valence-corrected chi connectivity index (χ4v) is 7.70. The molecule has 2 aromatic rings. The van der Waals surface area contributed by atoms with E-state index in [4.69, 9.17) is 4.42 Å². The second-order valence-corrected chi connectivity index (χ2v) is 12.4. The van der Waals surface area contributed by atoms with Crippen molar-refractivity contribution in [3.8, 4) is 17.1 Å². The van der Waals surface area contributed by atoms with Crippen molar-refractivity contribution >= 4 is 17.5 Å². The number of carbonyl (C=O) groups excluding carboxylic acids is 3. The molecule has 12 nitrogen and oxygen atoms in total. The number of nitrogens with zero attached hydrogens (tertiary/aromatic N) is 2. The highest BCUT2D eigenvalue weighted by Crippen LogP contribution is 2.56. The number of rotatable bonds is 5. The van der Waals surface area contributed by atoms with Gasteiger partial charge in [-0.05, 0) is 69.7 Å². The first-order valence-electron chi connectivity index (χ1n) is 14.8. The molecule has 6 N–H and O–H groups in total. The SMILES string of the molecule is CNC(=O)C1=C(O)[C@@H](N(C)C)[C@@H]2[C@@H](O)[C@H]3C(=C(O)[C@]2(O)C1=O)C(=O)c1c(ccc(-c2ccc(CN4CCCC4)o2)c1O)[C@@H]3C. The molecule has 1 aromatic carbocycles. The van der Waals surface area contributed by atoms with Gasteiger partial charge in [0.15, 0.2) is 11.4 Å². The first-order chi connectivity index (χ1) is 20.8. The highest BCUT2D eigenvalue weighted by atomic mass is 16.4. The van der Waals surface area contributed by atoms with Crippen LogP contribution in [0.3, 0.4) is 0 Å². The highest BCUT2D eigenvalue weighted by Gasteiger charge is 2.67. The Hall–Kier alpha value is -3.97. The standard InChI is InChI=1S/C32H37N3O9/c1-14-16-8-9-17(18-10-7-15(44-18)13-35-11-5-6-12-35)25(36)20(16)26(37)21-19(14)27(38)23-24(34(3)4)28(39)22(31(42)33-2)30(41)32(23,43)29(21)40/h7-10,14,19,23-24,27,36,38-40,43H,5-6,11-13H2,1-4H3,(H,33,42)/t14-,19+,23+,24-,27-,32-/m0/s1. The monoisotopic (exact) mass is 607 g/mol. The number of likely N-dealkylation sites (N-methyl/N-ethyl adjacent to an activating group) is 2. The fourth-order valence-electron chi connectivity index (χ4n) is 7.70. The Bertz CT molecular complexity index is 1630. The van der Waals surface area contributed by atoms with Crippen molar-refractivity contribution in [2.24, 2.45) is 11.8 Å². The number of fused-ring (bicyclic) bond motifs is 3. The van der Waals surface area contributed by atoms with Gasteiger partial charge in [0.2, 0.25) is 5.78 Å². The second kappa shape index (κ2) is 10.6. The smallest absolute Gasteiger partial charge is 0.258 e. The molecule has 1 aromatic heterocycles. The lowest BCUT2D eigenvalue weighted by atomic mass is 9.55. The van der Waals surface area contributed by atoms with Gasteiger partial charge in [0.05, 0.1) is 35.7 Å². The van der Waals surface area contributed by atoms with Crippen molar-refractivity contribution in [1.29, 1.82) is 0 Å². The molecule has 0 unspecified atom stereocenters. The van der Waals surface area contributed by atoms with Gasteiger partial charge < -0.3 is 35.3 Å². The van der Waals surface area contributed by atoms with Crippen LogP contribution in [-0.4, -0.2) is 105 Å². The van der Waals surface area contributed by atoms with Gasteiger partial charge in [-0.3, -0.25) is 24.2 Å². The molecule has 6 rings (SSSR count). The number of nitrogens with one attached hydrogen (secondary N) is 1. The summed E-state index contributed by atoms with van der Waals surface area (Å²) >= 11 is 0. The number of amides is 1. The van der Waals surface area contributed by atoms with Crippen LogP contribution in [0.4, 0.5) is 0 Å². The minimum absolute atomic E-state index is 0.142. The summed E-state index contributed by atoms with van der Waals surface area (Å²) in [6.45, 7) is 4.27. The lowest BCUT2D eigenvalue weighted by Gasteiger charge is -2.53. The normalized spacial score (nSPS) is 30.5. The van der Waals surface area contributed by atoms with Crippen LogP contribution >= 0.6 is 0 Å². The Morgan fingerprint density at radius 1 is 1.11 bits per heavy atom. The number of Topliss-reactive ketones (excluding diaryl/α,β-unsaturated/α-hetero) is 2. The highest BCUT2D eigenvalue weighted by molar-refractivity contribution is 6.25. The maximum absolute atomic E-state index is 14.2. The molecule has 0 spiro atoms. The summed E-state index contributed by atoms with van der Waals surface area (Å²) in [6, 6.07) is 5.55. The number of aliphatic hydroxyl groups excluding tert-OH is 3. The van der Waals surface area contributed by atoms with E-state index >= 15 is 0 Å². The zero-order valence-corrected chi connectivity index (χ0v) is 25.0. The molecular weight excluding hydrogens is 570 g/mol. The lowest BCUT2D eigenvalue weighted by molar-refractivity contribution is -0.162. The average molecular weight is 608 g/mol. The first-order valence-corrected chi connectivity index (χ1v) is 14.8. The molecule has 44 heavy (non-hydrogen) atoms. The topological polar surface area (TPSA) is 184 Å². The number of furan rings is 1. The van der Waals surface area contributed by atoms with E-state index in [0.29, 0.717) is 23.6 Å². The molecule has 2 heterocycles. The van der Waals surface area contributed by atoms with Crippen LogP contribution in [0.5, 0.6) is 5.75 Å². The molecule has 1 fully saturated rings. The number of aliphatic hydroxyl groups is 4. The second-order valence-electron chi connectivity index (χ2n) is 12.4. The molecule has 6 atom stereocenters. The van der Waals surface area contributed by atoms with Crippen LogP contribution < -0.4 is 5.32 Å². The van der Waals surface area contributed by atoms with Gasteiger partial charge >= 0.3 is 0 Å². The van der Waals surface area contributed by atoms with Gasteiger partial charge in [0.1, 0.15) is 34.4 Å². The van der Waals surface area contributed by atoms with E-state index in [2.05, 4.69) is 10.2 Å². The van der Waals surface area contributed by atoms with Gasteiger partial charge in [0.25, 0.3) is 5.91 Å². The lowest BCUT2D eigenvalue weighted by Crippen LogP contribution is -2.68. The van der Waals surface area contributed by atoms with Gasteiger partial charge in [-0.2, -0.15) is 0 Å². The van der Waals surface area contributed by atoms with Gasteiger partial charge in [-0.1, -0.05) is 13.0 Å². The minimum Gasteiger partial charge on any atom is -0.510 e. The molecule has 234 valence electrons. The van der Waals surface area contributed by atoms with E-state index in [1.54, 1.807) is 25.1 Å². The zero-order valence-electron chi connectivity index (χ0n) is 25.0. The Morgan fingerprint density at radius 3 is 2.43 bits per heavy atom. The number of hydrogen-bond acceptors (Lipinski definition) is 11. The molecular formula is C32H37N3O9. The number of phenols is 1. The third-order valence-electron chi connectivity index (χ3n) is 9.84. The predicted octanol–water partition coefficient (Wildman–Crippen LogP) is 1.77. The Kier molecular flexibility index (Phi) is 7.23. The zero-order chi connectivity index (χ0) is 31.8. The Labute approximate surface area is 253 Å². The molecule has 0 saturated carbocycles. The summed E-state index contributed by atoms with van der Waals surface area (Å²) in [5.74, 6) is -7.55. The van der Waals surface area contributed by atoms with Crippen LogP contribution in [0.15, 0.2) is 51.3 Å². The van der Waals surface area contributed by atoms with Gasteiger partial charge in [0, 0.05) is 18.5 Å². The van der Waals surface area contributed by atoms with Crippen molar-refractivity contribution in [3.05, 3.63) is 63.8 Å². The number of hydrogen-bond donors (Lipinski definition) is 6. The summed E-state index contributed by atoms with van der Waals surface area (Å²) in [4.78, 5) is 44.3. The van der Waals surface area contributed by atoms with E-state index in [1.807, 2.05) is 6.07 Å². The van der Waals surface area contributed by atoms with E-state index in [0.717, 1.165) is 25.9 Å². The van der Waals surface area contributed by atoms with E-state index in [9.17, 15) is 39.9 Å². The Morgan fingerprint density at radius 2 is 1.80 bits per heavy atom. The molecule has 0 radical (unpaired) electrons. The number of aromatic hydroxyl groups is 1. The maximum Gasteiger partial charge on any atom is 0.258 e. The van der Waals surface area contributed by atoms with Crippen molar-refractivity contribution in [2.75, 3.05) is 34.2 Å². The molecule has 1 aliphatic heterocycles. The number of likely N-dealkylation sites (tertiary alicyclic amines) is 1. The van der Waals surface area contributed by atoms with Crippen molar-refractivity contribution in [3.63, 3.8) is 0 Å². The quantitative estimate of drug-likeness (QED) is 0.272. The minimum atomic E-state index is -2.92. The van der Waals surface area contributed by atoms with Crippen molar-refractivity contribution < 1.29 is 44.3 Å². The van der Waals surface area contributed by atoms with Crippen molar-refractivity contribution in [2.45, 2.75) is 50.0 Å². The largest absolute Gasteiger partial charge is 0.510 e. The summed E-state index contributed by atoms with van der Waals surface area (Å²) in [7, 11) is 4.28. The fraction of sp³-hybridized carbons (Fsp3) is 0.469. The van der Waals surface area contributed by atoms with Crippen LogP contribution in [0.25, 0.3) is 11.3 Å². The Balaban J connectivity index is 1.48. The van der Waals surface area contributed by atoms with Crippen LogP contribution in [-0.2, 0) is 16.1 Å². The maximum atomic E-state index is 14.2. The summed E-state index contributed by atoms with van der Waals surface area (Å²) in [5.41, 5.74) is -3.62. The van der Waals surface area contributed by atoms with E-state index in [-0.39, 0.29) is 11.1 Å². The average Bonchev–Trinajstić information content (AvgIpc) is 3.67. The number of phenolic OH excluding ortho intramolecular Hbond substituents is 1. The van der Waals surface area contributed by atoms with Gasteiger partial charge in [-0.25, -0.2) is 0 Å². The van der Waals surface area contributed by atoms with Gasteiger partial charge in [-0.15, -0.1) is 0 Å². The summed E-state index contributed by atoms with van der Waals surface area (Å²) in [5, 5.41) is 60.2. The van der Waals surface area contributed by atoms with Crippen LogP contribution in [0.1, 0.15) is 47.4 Å². The number of carbonyl (C=O) groups is 3. The van der Waals surface area contributed by atoms with E-state index < -0.39 is 81.4 Å². The first kappa shape index (κ1) is 30.1. The molecule has 1 saturated heterocycles. The molecule has 3 aliphatic carbocycles. The molecule has 12 heteroatoms. The third-order valence-corrected chi connectivity index (χ3v) is 9.84. The summed E-state index contributed by atoms with van der Waals surface area (Å²) < 4.78 is 6.03. The van der Waals surface area contributed by atoms with Crippen LogP contribution in [0, 0.1) is 11.8 Å². The number of ketones is 2. The van der Waals surface area contributed by atoms with Crippen LogP contribution in [0.2, 0.25) is 0 Å². The third kappa shape index (κ3) is 4.08. The van der Waals surface area contributed by atoms with E-state index in [1.165, 1.54) is 26.0 Å². The molecule has 0 bridgehead atoms. The number of benzene rings is 1. The van der Waals surface area contributed by atoms with Crippen molar-refractivity contribution in [1.82, 2.24) is 15.1 Å². The summed E-state index contributed by atoms with van der Waals surface area (Å²) in [6.07, 6.45) is 0.627. The molecule has 4 aliphatic rings. The predicted molar refractivity (Wildman–Crippen MR) is 157 cm³/mol. The molecule has 1 amide bonds.